The predicted octanol–water partition coefficient (Wildman–Crippen LogP) is 2.99. The Labute approximate surface area is 112 Å². The van der Waals surface area contributed by atoms with Crippen LogP contribution in [0, 0.1) is 6.92 Å². The van der Waals surface area contributed by atoms with Gasteiger partial charge in [0.25, 0.3) is 0 Å². The number of hydrogen-bond acceptors (Lipinski definition) is 5. The van der Waals surface area contributed by atoms with E-state index in [2.05, 4.69) is 41.4 Å². The molecule has 2 aromatic rings. The first-order chi connectivity index (χ1) is 9.10. The monoisotopic (exact) mass is 258 g/mol. The standard InChI is InChI=1S/C14H18N4O/c1-9(2)11-5-4-10(3)6-12(11)19-14-8-16-7-13(17-14)18-15/h4-9H,15H2,1-3H3,(H,17,18). The Morgan fingerprint density at radius 2 is 2.05 bits per heavy atom. The van der Waals surface area contributed by atoms with E-state index in [0.717, 1.165) is 16.9 Å². The fourth-order valence-electron chi connectivity index (χ4n) is 1.79. The summed E-state index contributed by atoms with van der Waals surface area (Å²) in [6, 6.07) is 6.15. The van der Waals surface area contributed by atoms with E-state index >= 15 is 0 Å². The molecule has 5 nitrogen and oxygen atoms in total. The lowest BCUT2D eigenvalue weighted by atomic mass is 10.0. The van der Waals surface area contributed by atoms with Crippen molar-refractivity contribution >= 4 is 5.82 Å². The molecule has 1 aromatic carbocycles. The highest BCUT2D eigenvalue weighted by atomic mass is 16.5. The lowest BCUT2D eigenvalue weighted by molar-refractivity contribution is 0.452. The first-order valence-electron chi connectivity index (χ1n) is 6.17. The van der Waals surface area contributed by atoms with E-state index < -0.39 is 0 Å². The topological polar surface area (TPSA) is 73.1 Å². The van der Waals surface area contributed by atoms with Crippen LogP contribution >= 0.6 is 0 Å². The van der Waals surface area contributed by atoms with Crippen molar-refractivity contribution in [3.8, 4) is 11.6 Å². The van der Waals surface area contributed by atoms with Gasteiger partial charge in [0.1, 0.15) is 5.75 Å². The van der Waals surface area contributed by atoms with Gasteiger partial charge in [-0.2, -0.15) is 4.98 Å². The summed E-state index contributed by atoms with van der Waals surface area (Å²) < 4.78 is 5.82. The zero-order valence-electron chi connectivity index (χ0n) is 11.3. The van der Waals surface area contributed by atoms with Gasteiger partial charge in [0.15, 0.2) is 5.82 Å². The van der Waals surface area contributed by atoms with Crippen LogP contribution in [0.25, 0.3) is 0 Å². The third-order valence-corrected chi connectivity index (χ3v) is 2.77. The smallest absolute Gasteiger partial charge is 0.239 e. The minimum Gasteiger partial charge on any atom is -0.437 e. The van der Waals surface area contributed by atoms with Gasteiger partial charge in [-0.25, -0.2) is 5.84 Å². The molecule has 0 atom stereocenters. The molecule has 1 heterocycles. The molecule has 0 aliphatic carbocycles. The molecule has 0 aliphatic heterocycles. The maximum absolute atomic E-state index is 5.82. The molecule has 3 N–H and O–H groups in total. The summed E-state index contributed by atoms with van der Waals surface area (Å²) in [5.74, 6) is 7.37. The van der Waals surface area contributed by atoms with Crippen LogP contribution < -0.4 is 16.0 Å². The van der Waals surface area contributed by atoms with Gasteiger partial charge < -0.3 is 10.2 Å². The SMILES string of the molecule is Cc1ccc(C(C)C)c(Oc2cncc(NN)n2)c1. The molecular weight excluding hydrogens is 240 g/mol. The Hall–Kier alpha value is -2.14. The number of nitrogens with one attached hydrogen (secondary N) is 1. The summed E-state index contributed by atoms with van der Waals surface area (Å²) in [7, 11) is 0. The van der Waals surface area contributed by atoms with Crippen molar-refractivity contribution in [1.29, 1.82) is 0 Å². The van der Waals surface area contributed by atoms with Crippen molar-refractivity contribution in [2.75, 3.05) is 5.43 Å². The Morgan fingerprint density at radius 1 is 1.26 bits per heavy atom. The number of aryl methyl sites for hydroxylation is 1. The largest absolute Gasteiger partial charge is 0.437 e. The molecule has 5 heteroatoms. The quantitative estimate of drug-likeness (QED) is 0.651. The van der Waals surface area contributed by atoms with Gasteiger partial charge in [-0.1, -0.05) is 26.0 Å². The van der Waals surface area contributed by atoms with E-state index in [1.54, 1.807) is 6.20 Å². The maximum atomic E-state index is 5.82. The number of anilines is 1. The summed E-state index contributed by atoms with van der Waals surface area (Å²) >= 11 is 0. The van der Waals surface area contributed by atoms with Crippen LogP contribution in [0.3, 0.4) is 0 Å². The lowest BCUT2D eigenvalue weighted by Crippen LogP contribution is -2.09. The van der Waals surface area contributed by atoms with Crippen molar-refractivity contribution in [1.82, 2.24) is 9.97 Å². The van der Waals surface area contributed by atoms with E-state index in [4.69, 9.17) is 10.6 Å². The first kappa shape index (κ1) is 13.3. The average Bonchev–Trinajstić information content (AvgIpc) is 2.38. The van der Waals surface area contributed by atoms with Crippen LogP contribution in [-0.2, 0) is 0 Å². The second kappa shape index (κ2) is 5.67. The van der Waals surface area contributed by atoms with Crippen LogP contribution in [0.4, 0.5) is 5.82 Å². The van der Waals surface area contributed by atoms with Crippen LogP contribution in [0.2, 0.25) is 0 Å². The number of benzene rings is 1. The molecule has 0 spiro atoms. The van der Waals surface area contributed by atoms with Gasteiger partial charge in [-0.3, -0.25) is 4.98 Å². The summed E-state index contributed by atoms with van der Waals surface area (Å²) in [6.07, 6.45) is 3.10. The number of nitrogens with zero attached hydrogens (tertiary/aromatic N) is 2. The van der Waals surface area contributed by atoms with Crippen molar-refractivity contribution in [2.24, 2.45) is 5.84 Å². The second-order valence-corrected chi connectivity index (χ2v) is 4.68. The molecule has 0 saturated heterocycles. The lowest BCUT2D eigenvalue weighted by Gasteiger charge is -2.14. The number of rotatable bonds is 4. The number of nitrogen functional groups attached to an aromatic ring is 1. The number of hydrazine groups is 1. The summed E-state index contributed by atoms with van der Waals surface area (Å²) in [5.41, 5.74) is 4.73. The van der Waals surface area contributed by atoms with Crippen LogP contribution in [0.15, 0.2) is 30.6 Å². The van der Waals surface area contributed by atoms with Crippen LogP contribution in [-0.4, -0.2) is 9.97 Å². The summed E-state index contributed by atoms with van der Waals surface area (Å²) in [5, 5.41) is 0. The molecule has 1 aromatic heterocycles. The first-order valence-corrected chi connectivity index (χ1v) is 6.17. The highest BCUT2D eigenvalue weighted by Crippen LogP contribution is 2.30. The maximum Gasteiger partial charge on any atom is 0.239 e. The Kier molecular flexibility index (Phi) is 3.97. The number of nitrogens with two attached hydrogens (primary N) is 1. The van der Waals surface area contributed by atoms with Gasteiger partial charge >= 0.3 is 0 Å². The van der Waals surface area contributed by atoms with Gasteiger partial charge in [-0.05, 0) is 30.0 Å². The summed E-state index contributed by atoms with van der Waals surface area (Å²) in [4.78, 5) is 8.21. The number of hydrogen-bond donors (Lipinski definition) is 2. The zero-order chi connectivity index (χ0) is 13.8. The van der Waals surface area contributed by atoms with Gasteiger partial charge in [0, 0.05) is 0 Å². The van der Waals surface area contributed by atoms with Gasteiger partial charge in [0.2, 0.25) is 5.88 Å². The van der Waals surface area contributed by atoms with Gasteiger partial charge in [0.05, 0.1) is 12.4 Å². The molecule has 2 rings (SSSR count). The van der Waals surface area contributed by atoms with E-state index in [1.807, 2.05) is 13.0 Å². The number of ether oxygens (including phenoxy) is 1. The van der Waals surface area contributed by atoms with Crippen LogP contribution in [0.1, 0.15) is 30.9 Å². The zero-order valence-corrected chi connectivity index (χ0v) is 11.3. The van der Waals surface area contributed by atoms with E-state index in [0.29, 0.717) is 17.6 Å². The fourth-order valence-corrected chi connectivity index (χ4v) is 1.79. The van der Waals surface area contributed by atoms with Gasteiger partial charge in [-0.15, -0.1) is 0 Å². The molecule has 0 amide bonds. The molecular formula is C14H18N4O. The molecule has 0 bridgehead atoms. The summed E-state index contributed by atoms with van der Waals surface area (Å²) in [6.45, 7) is 6.28. The van der Waals surface area contributed by atoms with Crippen molar-refractivity contribution in [2.45, 2.75) is 26.7 Å². The average molecular weight is 258 g/mol. The Bertz CT molecular complexity index is 569. The minimum absolute atomic E-state index is 0.374. The van der Waals surface area contributed by atoms with Crippen molar-refractivity contribution in [3.05, 3.63) is 41.7 Å². The van der Waals surface area contributed by atoms with Crippen molar-refractivity contribution < 1.29 is 4.74 Å². The third kappa shape index (κ3) is 3.20. The normalized spacial score (nSPS) is 10.6. The molecule has 0 fully saturated rings. The second-order valence-electron chi connectivity index (χ2n) is 4.68. The molecule has 0 unspecified atom stereocenters. The minimum atomic E-state index is 0.374. The predicted molar refractivity (Wildman–Crippen MR) is 75.2 cm³/mol. The number of aromatic nitrogens is 2. The van der Waals surface area contributed by atoms with E-state index in [9.17, 15) is 0 Å². The van der Waals surface area contributed by atoms with E-state index in [1.165, 1.54) is 6.20 Å². The van der Waals surface area contributed by atoms with Crippen LogP contribution in [0.5, 0.6) is 11.6 Å². The van der Waals surface area contributed by atoms with Crippen molar-refractivity contribution in [3.63, 3.8) is 0 Å². The molecule has 0 radical (unpaired) electrons. The fraction of sp³-hybridized carbons (Fsp3) is 0.286. The molecule has 0 saturated carbocycles. The molecule has 100 valence electrons. The Morgan fingerprint density at radius 3 is 2.74 bits per heavy atom. The molecule has 19 heavy (non-hydrogen) atoms. The van der Waals surface area contributed by atoms with E-state index in [-0.39, 0.29) is 0 Å². The molecule has 0 aliphatic rings. The third-order valence-electron chi connectivity index (χ3n) is 2.77. The Balaban J connectivity index is 2.33. The highest BCUT2D eigenvalue weighted by Gasteiger charge is 2.10. The highest BCUT2D eigenvalue weighted by molar-refractivity contribution is 5.41.